The molecule has 5 heteroatoms. The van der Waals surface area contributed by atoms with Crippen molar-refractivity contribution in [2.45, 2.75) is 20.3 Å². The summed E-state index contributed by atoms with van der Waals surface area (Å²) >= 11 is 1.76. The summed E-state index contributed by atoms with van der Waals surface area (Å²) in [7, 11) is 0. The Labute approximate surface area is 113 Å². The lowest BCUT2D eigenvalue weighted by Crippen LogP contribution is -2.33. The van der Waals surface area contributed by atoms with Gasteiger partial charge >= 0.3 is 0 Å². The zero-order valence-corrected chi connectivity index (χ0v) is 12.0. The predicted octanol–water partition coefficient (Wildman–Crippen LogP) is 1.87. The molecule has 0 radical (unpaired) electrons. The van der Waals surface area contributed by atoms with Crippen LogP contribution in [0.1, 0.15) is 18.7 Å². The normalized spacial score (nSPS) is 12.1. The fourth-order valence-electron chi connectivity index (χ4n) is 1.37. The average molecular weight is 269 g/mol. The van der Waals surface area contributed by atoms with Crippen LogP contribution in [0.15, 0.2) is 22.5 Å². The summed E-state index contributed by atoms with van der Waals surface area (Å²) in [6, 6.07) is 4.18. The van der Waals surface area contributed by atoms with Crippen LogP contribution >= 0.6 is 11.3 Å². The van der Waals surface area contributed by atoms with Gasteiger partial charge in [0, 0.05) is 18.0 Å². The van der Waals surface area contributed by atoms with E-state index in [1.54, 1.807) is 11.3 Å². The van der Waals surface area contributed by atoms with E-state index in [2.05, 4.69) is 41.7 Å². The number of ether oxygens (including phenoxy) is 1. The first-order valence-electron chi connectivity index (χ1n) is 6.32. The predicted molar refractivity (Wildman–Crippen MR) is 78.2 cm³/mol. The lowest BCUT2D eigenvalue weighted by molar-refractivity contribution is 0.117. The summed E-state index contributed by atoms with van der Waals surface area (Å²) in [4.78, 5) is 5.56. The van der Waals surface area contributed by atoms with E-state index < -0.39 is 0 Å². The molecule has 1 aromatic rings. The van der Waals surface area contributed by atoms with Crippen molar-refractivity contribution in [1.82, 2.24) is 5.32 Å². The molecule has 1 aromatic heterocycles. The fraction of sp³-hybridized carbons (Fsp3) is 0.615. The Balaban J connectivity index is 2.03. The third kappa shape index (κ3) is 7.29. The summed E-state index contributed by atoms with van der Waals surface area (Å²) in [5.74, 6) is 1.06. The topological polar surface area (TPSA) is 59.6 Å². The van der Waals surface area contributed by atoms with Crippen LogP contribution in [0.5, 0.6) is 0 Å². The van der Waals surface area contributed by atoms with Crippen LogP contribution in [-0.4, -0.2) is 32.3 Å². The molecule has 18 heavy (non-hydrogen) atoms. The Morgan fingerprint density at radius 2 is 2.39 bits per heavy atom. The van der Waals surface area contributed by atoms with Crippen molar-refractivity contribution < 1.29 is 4.74 Å². The first-order chi connectivity index (χ1) is 8.68. The molecule has 102 valence electrons. The molecule has 0 atom stereocenters. The summed E-state index contributed by atoms with van der Waals surface area (Å²) < 4.78 is 5.42. The van der Waals surface area contributed by atoms with Crippen LogP contribution in [-0.2, 0) is 11.2 Å². The van der Waals surface area contributed by atoms with Gasteiger partial charge in [-0.3, -0.25) is 4.99 Å². The molecule has 0 aliphatic heterocycles. The van der Waals surface area contributed by atoms with Crippen molar-refractivity contribution in [3.8, 4) is 0 Å². The largest absolute Gasteiger partial charge is 0.379 e. The Kier molecular flexibility index (Phi) is 7.44. The van der Waals surface area contributed by atoms with Gasteiger partial charge in [-0.1, -0.05) is 19.9 Å². The molecule has 0 aliphatic rings. The van der Waals surface area contributed by atoms with Gasteiger partial charge < -0.3 is 15.8 Å². The molecule has 0 unspecified atom stereocenters. The van der Waals surface area contributed by atoms with Crippen molar-refractivity contribution in [1.29, 1.82) is 0 Å². The van der Waals surface area contributed by atoms with Gasteiger partial charge in [0.25, 0.3) is 0 Å². The Morgan fingerprint density at radius 1 is 1.56 bits per heavy atom. The second kappa shape index (κ2) is 8.94. The SMILES string of the molecule is CC(C)COCCN=C(N)NCCc1cccs1. The van der Waals surface area contributed by atoms with Crippen LogP contribution in [0.4, 0.5) is 0 Å². The van der Waals surface area contributed by atoms with E-state index in [0.29, 0.717) is 25.0 Å². The number of aliphatic imine (C=N–C) groups is 1. The quantitative estimate of drug-likeness (QED) is 0.430. The van der Waals surface area contributed by atoms with Gasteiger partial charge in [0.2, 0.25) is 0 Å². The van der Waals surface area contributed by atoms with Crippen molar-refractivity contribution in [2.24, 2.45) is 16.6 Å². The van der Waals surface area contributed by atoms with Crippen molar-refractivity contribution in [2.75, 3.05) is 26.3 Å². The first kappa shape index (κ1) is 15.0. The molecular formula is C13H23N3OS. The standard InChI is InChI=1S/C13H23N3OS/c1-11(2)10-17-8-7-16-13(14)15-6-5-12-4-3-9-18-12/h3-4,9,11H,5-8,10H2,1-2H3,(H3,14,15,16). The van der Waals surface area contributed by atoms with Gasteiger partial charge in [0.1, 0.15) is 0 Å². The minimum Gasteiger partial charge on any atom is -0.379 e. The van der Waals surface area contributed by atoms with Crippen LogP contribution in [0, 0.1) is 5.92 Å². The van der Waals surface area contributed by atoms with Gasteiger partial charge in [0.15, 0.2) is 5.96 Å². The van der Waals surface area contributed by atoms with E-state index in [-0.39, 0.29) is 0 Å². The minimum absolute atomic E-state index is 0.500. The Morgan fingerprint density at radius 3 is 3.06 bits per heavy atom. The molecule has 0 fully saturated rings. The van der Waals surface area contributed by atoms with E-state index in [1.807, 2.05) is 0 Å². The lowest BCUT2D eigenvalue weighted by atomic mass is 10.2. The van der Waals surface area contributed by atoms with E-state index in [4.69, 9.17) is 10.5 Å². The number of hydrogen-bond acceptors (Lipinski definition) is 3. The molecule has 0 spiro atoms. The molecule has 0 saturated carbocycles. The lowest BCUT2D eigenvalue weighted by Gasteiger charge is -2.06. The van der Waals surface area contributed by atoms with Gasteiger partial charge in [-0.2, -0.15) is 0 Å². The third-order valence-electron chi connectivity index (χ3n) is 2.23. The Hall–Kier alpha value is -1.07. The Bertz CT molecular complexity index is 336. The molecule has 4 nitrogen and oxygen atoms in total. The maximum absolute atomic E-state index is 5.74. The minimum atomic E-state index is 0.500. The van der Waals surface area contributed by atoms with Gasteiger partial charge in [-0.05, 0) is 23.8 Å². The highest BCUT2D eigenvalue weighted by molar-refractivity contribution is 7.09. The highest BCUT2D eigenvalue weighted by atomic mass is 32.1. The summed E-state index contributed by atoms with van der Waals surface area (Å²) in [6.07, 6.45) is 0.984. The zero-order chi connectivity index (χ0) is 13.2. The van der Waals surface area contributed by atoms with Crippen LogP contribution < -0.4 is 11.1 Å². The number of hydrogen-bond donors (Lipinski definition) is 2. The molecule has 0 bridgehead atoms. The zero-order valence-electron chi connectivity index (χ0n) is 11.2. The van der Waals surface area contributed by atoms with Gasteiger partial charge in [-0.15, -0.1) is 11.3 Å². The van der Waals surface area contributed by atoms with E-state index >= 15 is 0 Å². The van der Waals surface area contributed by atoms with Crippen molar-refractivity contribution in [3.63, 3.8) is 0 Å². The van der Waals surface area contributed by atoms with E-state index in [1.165, 1.54) is 4.88 Å². The number of nitrogens with zero attached hydrogens (tertiary/aromatic N) is 1. The maximum atomic E-state index is 5.74. The summed E-state index contributed by atoms with van der Waals surface area (Å²) in [5, 5.41) is 5.18. The summed E-state index contributed by atoms with van der Waals surface area (Å²) in [6.45, 7) is 7.10. The third-order valence-corrected chi connectivity index (χ3v) is 3.16. The first-order valence-corrected chi connectivity index (χ1v) is 7.20. The van der Waals surface area contributed by atoms with E-state index in [0.717, 1.165) is 19.6 Å². The molecule has 3 N–H and O–H groups in total. The van der Waals surface area contributed by atoms with Gasteiger partial charge in [-0.25, -0.2) is 0 Å². The summed E-state index contributed by atoms with van der Waals surface area (Å²) in [5.41, 5.74) is 5.74. The van der Waals surface area contributed by atoms with Crippen molar-refractivity contribution >= 4 is 17.3 Å². The van der Waals surface area contributed by atoms with Crippen molar-refractivity contribution in [3.05, 3.63) is 22.4 Å². The molecule has 0 aliphatic carbocycles. The molecule has 0 amide bonds. The highest BCUT2D eigenvalue weighted by Gasteiger charge is 1.96. The monoisotopic (exact) mass is 269 g/mol. The molecule has 0 saturated heterocycles. The highest BCUT2D eigenvalue weighted by Crippen LogP contribution is 2.07. The number of nitrogens with two attached hydrogens (primary N) is 1. The number of guanidine groups is 1. The van der Waals surface area contributed by atoms with E-state index in [9.17, 15) is 0 Å². The van der Waals surface area contributed by atoms with Crippen LogP contribution in [0.2, 0.25) is 0 Å². The van der Waals surface area contributed by atoms with Crippen LogP contribution in [0.25, 0.3) is 0 Å². The number of thiophene rings is 1. The second-order valence-electron chi connectivity index (χ2n) is 4.49. The molecule has 1 heterocycles. The number of rotatable bonds is 8. The second-order valence-corrected chi connectivity index (χ2v) is 5.52. The van der Waals surface area contributed by atoms with Gasteiger partial charge in [0.05, 0.1) is 13.2 Å². The maximum Gasteiger partial charge on any atom is 0.188 e. The fourth-order valence-corrected chi connectivity index (χ4v) is 2.08. The number of nitrogens with one attached hydrogen (secondary N) is 1. The molecule has 1 rings (SSSR count). The molecule has 0 aromatic carbocycles. The van der Waals surface area contributed by atoms with Crippen LogP contribution in [0.3, 0.4) is 0 Å². The average Bonchev–Trinajstić information content (AvgIpc) is 2.81. The smallest absolute Gasteiger partial charge is 0.188 e. The molecular weight excluding hydrogens is 246 g/mol.